The van der Waals surface area contributed by atoms with E-state index in [9.17, 15) is 4.79 Å². The summed E-state index contributed by atoms with van der Waals surface area (Å²) in [5.41, 5.74) is 1.10. The van der Waals surface area contributed by atoms with Crippen LogP contribution in [0.4, 0.5) is 0 Å². The van der Waals surface area contributed by atoms with Gasteiger partial charge in [0.25, 0.3) is 0 Å². The van der Waals surface area contributed by atoms with Crippen LogP contribution in [0.25, 0.3) is 0 Å². The van der Waals surface area contributed by atoms with Crippen molar-refractivity contribution in [1.29, 1.82) is 0 Å². The smallest absolute Gasteiger partial charge is 0.304 e. The first-order valence-corrected chi connectivity index (χ1v) is 7.05. The molecule has 0 heterocycles. The van der Waals surface area contributed by atoms with Crippen LogP contribution in [0, 0.1) is 0 Å². The van der Waals surface area contributed by atoms with Crippen molar-refractivity contribution in [3.05, 3.63) is 28.2 Å². The molecule has 1 atom stereocenters. The van der Waals surface area contributed by atoms with Gasteiger partial charge in [-0.15, -0.1) is 0 Å². The summed E-state index contributed by atoms with van der Waals surface area (Å²) < 4.78 is 6.23. The summed E-state index contributed by atoms with van der Waals surface area (Å²) in [6.07, 6.45) is 0.148. The predicted molar refractivity (Wildman–Crippen MR) is 78.5 cm³/mol. The van der Waals surface area contributed by atoms with Gasteiger partial charge in [0, 0.05) is 17.1 Å². The van der Waals surface area contributed by atoms with Gasteiger partial charge < -0.3 is 9.84 Å². The monoisotopic (exact) mass is 329 g/mol. The van der Waals surface area contributed by atoms with Gasteiger partial charge in [-0.2, -0.15) is 0 Å². The van der Waals surface area contributed by atoms with E-state index in [1.54, 1.807) is 7.11 Å². The van der Waals surface area contributed by atoms with E-state index in [4.69, 9.17) is 9.84 Å². The molecule has 106 valence electrons. The first-order valence-electron chi connectivity index (χ1n) is 6.26. The quantitative estimate of drug-likeness (QED) is 0.834. The Hall–Kier alpha value is -1.07. The molecule has 5 heteroatoms. The zero-order valence-electron chi connectivity index (χ0n) is 11.5. The highest BCUT2D eigenvalue weighted by Gasteiger charge is 2.17. The lowest BCUT2D eigenvalue weighted by Crippen LogP contribution is -2.34. The van der Waals surface area contributed by atoms with Gasteiger partial charge in [-0.1, -0.05) is 22.9 Å². The summed E-state index contributed by atoms with van der Waals surface area (Å²) in [5.74, 6) is 0.0378. The maximum Gasteiger partial charge on any atom is 0.304 e. The van der Waals surface area contributed by atoms with Gasteiger partial charge >= 0.3 is 5.97 Å². The molecule has 0 aromatic heterocycles. The van der Waals surface area contributed by atoms with Gasteiger partial charge in [-0.05, 0) is 37.2 Å². The van der Waals surface area contributed by atoms with Crippen LogP contribution in [-0.4, -0.2) is 35.7 Å². The molecule has 0 aliphatic heterocycles. The third-order valence-electron chi connectivity index (χ3n) is 3.13. The van der Waals surface area contributed by atoms with E-state index >= 15 is 0 Å². The third-order valence-corrected chi connectivity index (χ3v) is 3.90. The number of methoxy groups -OCH3 is 1. The molecule has 4 nitrogen and oxygen atoms in total. The maximum atomic E-state index is 10.8. The van der Waals surface area contributed by atoms with Crippen LogP contribution in [0.3, 0.4) is 0 Å². The first kappa shape index (κ1) is 16.0. The minimum Gasteiger partial charge on any atom is -0.497 e. The lowest BCUT2D eigenvalue weighted by molar-refractivity contribution is -0.138. The Kier molecular flexibility index (Phi) is 6.31. The molecule has 1 aromatic rings. The van der Waals surface area contributed by atoms with Crippen molar-refractivity contribution in [3.8, 4) is 5.75 Å². The van der Waals surface area contributed by atoms with E-state index in [1.165, 1.54) is 0 Å². The van der Waals surface area contributed by atoms with Crippen molar-refractivity contribution in [2.24, 2.45) is 0 Å². The Morgan fingerprint density at radius 3 is 2.74 bits per heavy atom. The molecule has 0 fully saturated rings. The van der Waals surface area contributed by atoms with E-state index in [2.05, 4.69) is 20.8 Å². The van der Waals surface area contributed by atoms with Gasteiger partial charge in [-0.25, -0.2) is 0 Å². The van der Waals surface area contributed by atoms with Crippen LogP contribution in [0.5, 0.6) is 5.75 Å². The Bertz CT molecular complexity index is 437. The largest absolute Gasteiger partial charge is 0.497 e. The number of aliphatic carboxylic acids is 1. The average Bonchev–Trinajstić information content (AvgIpc) is 2.36. The summed E-state index contributed by atoms with van der Waals surface area (Å²) in [6.45, 7) is 5.47. The highest BCUT2D eigenvalue weighted by atomic mass is 79.9. The molecule has 0 saturated heterocycles. The van der Waals surface area contributed by atoms with Crippen molar-refractivity contribution in [1.82, 2.24) is 4.90 Å². The van der Waals surface area contributed by atoms with Gasteiger partial charge in [0.05, 0.1) is 13.5 Å². The molecule has 0 spiro atoms. The van der Waals surface area contributed by atoms with Crippen LogP contribution in [0.2, 0.25) is 0 Å². The minimum absolute atomic E-state index is 0.000557. The van der Waals surface area contributed by atoms with Gasteiger partial charge in [-0.3, -0.25) is 9.69 Å². The number of hydrogen-bond acceptors (Lipinski definition) is 3. The third kappa shape index (κ3) is 4.84. The molecule has 19 heavy (non-hydrogen) atoms. The molecule has 0 aliphatic rings. The summed E-state index contributed by atoms with van der Waals surface area (Å²) >= 11 is 3.52. The van der Waals surface area contributed by atoms with Crippen LogP contribution in [0.1, 0.15) is 25.8 Å². The fraction of sp³-hybridized carbons (Fsp3) is 0.500. The second-order valence-corrected chi connectivity index (χ2v) is 5.32. The number of ether oxygens (including phenoxy) is 1. The molecule has 1 unspecified atom stereocenters. The average molecular weight is 330 g/mol. The summed E-state index contributed by atoms with van der Waals surface area (Å²) in [4.78, 5) is 12.9. The van der Waals surface area contributed by atoms with Crippen LogP contribution >= 0.6 is 15.9 Å². The summed E-state index contributed by atoms with van der Waals surface area (Å²) in [7, 11) is 1.64. The summed E-state index contributed by atoms with van der Waals surface area (Å²) in [5, 5.41) is 8.88. The van der Waals surface area contributed by atoms with E-state index in [0.717, 1.165) is 22.3 Å². The second kappa shape index (κ2) is 7.50. The fourth-order valence-electron chi connectivity index (χ4n) is 1.98. The van der Waals surface area contributed by atoms with Crippen molar-refractivity contribution < 1.29 is 14.6 Å². The fourth-order valence-corrected chi connectivity index (χ4v) is 2.35. The molecular weight excluding hydrogens is 310 g/mol. The molecule has 0 aliphatic carbocycles. The Morgan fingerprint density at radius 2 is 2.21 bits per heavy atom. The van der Waals surface area contributed by atoms with Gasteiger partial charge in [0.1, 0.15) is 5.75 Å². The van der Waals surface area contributed by atoms with Crippen LogP contribution in [-0.2, 0) is 11.3 Å². The second-order valence-electron chi connectivity index (χ2n) is 4.47. The standard InChI is InChI=1S/C14H20BrNO3/c1-4-16(10(2)7-14(17)18)9-11-8-12(19-3)5-6-13(11)15/h5-6,8,10H,4,7,9H2,1-3H3,(H,17,18). The van der Waals surface area contributed by atoms with E-state index in [1.807, 2.05) is 32.0 Å². The summed E-state index contributed by atoms with van der Waals surface area (Å²) in [6, 6.07) is 5.81. The normalized spacial score (nSPS) is 12.5. The number of carbonyl (C=O) groups is 1. The zero-order valence-corrected chi connectivity index (χ0v) is 13.1. The number of carboxylic acids is 1. The molecule has 1 rings (SSSR count). The maximum absolute atomic E-state index is 10.8. The lowest BCUT2D eigenvalue weighted by atomic mass is 10.1. The van der Waals surface area contributed by atoms with Crippen molar-refractivity contribution in [2.45, 2.75) is 32.9 Å². The van der Waals surface area contributed by atoms with Crippen molar-refractivity contribution in [3.63, 3.8) is 0 Å². The van der Waals surface area contributed by atoms with Gasteiger partial charge in [0.2, 0.25) is 0 Å². The predicted octanol–water partition coefficient (Wildman–Crippen LogP) is 3.14. The van der Waals surface area contributed by atoms with Crippen LogP contribution < -0.4 is 4.74 Å². The Balaban J connectivity index is 2.82. The SMILES string of the molecule is CCN(Cc1cc(OC)ccc1Br)C(C)CC(=O)O. The molecule has 0 radical (unpaired) electrons. The number of nitrogens with zero attached hydrogens (tertiary/aromatic N) is 1. The number of rotatable bonds is 7. The Labute approximate surface area is 122 Å². The van der Waals surface area contributed by atoms with E-state index in [0.29, 0.717) is 6.54 Å². The van der Waals surface area contributed by atoms with Crippen LogP contribution in [0.15, 0.2) is 22.7 Å². The zero-order chi connectivity index (χ0) is 14.4. The lowest BCUT2D eigenvalue weighted by Gasteiger charge is -2.27. The number of hydrogen-bond donors (Lipinski definition) is 1. The topological polar surface area (TPSA) is 49.8 Å². The van der Waals surface area contributed by atoms with Crippen molar-refractivity contribution in [2.75, 3.05) is 13.7 Å². The minimum atomic E-state index is -0.768. The van der Waals surface area contributed by atoms with E-state index in [-0.39, 0.29) is 12.5 Å². The number of carboxylic acid groups (broad SMARTS) is 1. The van der Waals surface area contributed by atoms with E-state index < -0.39 is 5.97 Å². The molecule has 0 bridgehead atoms. The highest BCUT2D eigenvalue weighted by molar-refractivity contribution is 9.10. The number of benzene rings is 1. The number of halogens is 1. The molecule has 1 aromatic carbocycles. The molecule has 0 saturated carbocycles. The highest BCUT2D eigenvalue weighted by Crippen LogP contribution is 2.24. The molecule has 1 N–H and O–H groups in total. The molecular formula is C14H20BrNO3. The van der Waals surface area contributed by atoms with Gasteiger partial charge in [0.15, 0.2) is 0 Å². The Morgan fingerprint density at radius 1 is 1.53 bits per heavy atom. The van der Waals surface area contributed by atoms with Crippen molar-refractivity contribution >= 4 is 21.9 Å². The molecule has 0 amide bonds. The first-order chi connectivity index (χ1) is 8.97.